The molecule has 2 N–H and O–H groups in total. The van der Waals surface area contributed by atoms with Crippen LogP contribution in [-0.2, 0) is 0 Å². The highest BCUT2D eigenvalue weighted by atomic mass is 32.1. The Morgan fingerprint density at radius 1 is 1.11 bits per heavy atom. The minimum Gasteiger partial charge on any atom is -0.508 e. The molecule has 2 atom stereocenters. The first kappa shape index (κ1) is 17.5. The molecule has 0 spiro atoms. The van der Waals surface area contributed by atoms with Crippen LogP contribution in [0.15, 0.2) is 54.7 Å². The Morgan fingerprint density at radius 3 is 2.52 bits per heavy atom. The van der Waals surface area contributed by atoms with E-state index < -0.39 is 0 Å². The first-order valence-corrected chi connectivity index (χ1v) is 9.30. The first-order chi connectivity index (χ1) is 13.0. The van der Waals surface area contributed by atoms with Crippen LogP contribution in [0.5, 0.6) is 5.75 Å². The van der Waals surface area contributed by atoms with Gasteiger partial charge in [-0.25, -0.2) is 0 Å². The number of nitrogens with zero attached hydrogens (tertiary/aromatic N) is 3. The molecule has 3 heterocycles. The van der Waals surface area contributed by atoms with Crippen LogP contribution in [-0.4, -0.2) is 31.7 Å². The molecule has 6 heteroatoms. The zero-order valence-corrected chi connectivity index (χ0v) is 16.4. The standard InChI is InChI=1S/C21H22N4OS/c1-13-12-17(14(2)25(13)15-7-9-16(26)10-8-15)20-19(23-21(27)24(20)3)18-6-4-5-11-22-18/h4-12,19-20,26H,1-3H3,(H,23,27)/t19-,20+/m0/s1. The lowest BCUT2D eigenvalue weighted by Crippen LogP contribution is -2.25. The fraction of sp³-hybridized carbons (Fsp3) is 0.238. The summed E-state index contributed by atoms with van der Waals surface area (Å²) in [6.07, 6.45) is 1.81. The Balaban J connectivity index is 1.81. The Morgan fingerprint density at radius 2 is 1.85 bits per heavy atom. The highest BCUT2D eigenvalue weighted by Crippen LogP contribution is 2.40. The number of rotatable bonds is 3. The minimum atomic E-state index is -0.00234. The molecule has 1 aliphatic rings. The van der Waals surface area contributed by atoms with E-state index in [0.717, 1.165) is 27.9 Å². The van der Waals surface area contributed by atoms with Crippen molar-refractivity contribution in [2.45, 2.75) is 25.9 Å². The van der Waals surface area contributed by atoms with Crippen molar-refractivity contribution in [3.8, 4) is 11.4 Å². The van der Waals surface area contributed by atoms with Crippen molar-refractivity contribution in [1.82, 2.24) is 19.8 Å². The molecule has 4 rings (SSSR count). The van der Waals surface area contributed by atoms with Gasteiger partial charge in [-0.15, -0.1) is 0 Å². The Hall–Kier alpha value is -2.86. The predicted molar refractivity (Wildman–Crippen MR) is 110 cm³/mol. The third-order valence-electron chi connectivity index (χ3n) is 5.24. The number of hydrogen-bond donors (Lipinski definition) is 2. The average molecular weight is 379 g/mol. The van der Waals surface area contributed by atoms with Crippen LogP contribution in [0.25, 0.3) is 5.69 Å². The molecule has 1 aromatic carbocycles. The first-order valence-electron chi connectivity index (χ1n) is 8.90. The van der Waals surface area contributed by atoms with Gasteiger partial charge in [0.1, 0.15) is 5.75 Å². The van der Waals surface area contributed by atoms with Crippen LogP contribution in [0, 0.1) is 13.8 Å². The molecule has 2 aromatic heterocycles. The monoisotopic (exact) mass is 378 g/mol. The third-order valence-corrected chi connectivity index (χ3v) is 5.64. The number of likely N-dealkylation sites (N-methyl/N-ethyl adjacent to an activating group) is 1. The average Bonchev–Trinajstić information content (AvgIpc) is 3.12. The summed E-state index contributed by atoms with van der Waals surface area (Å²) in [4.78, 5) is 6.66. The zero-order valence-electron chi connectivity index (χ0n) is 15.5. The van der Waals surface area contributed by atoms with Gasteiger partial charge in [-0.1, -0.05) is 6.07 Å². The van der Waals surface area contributed by atoms with E-state index in [1.54, 1.807) is 12.1 Å². The lowest BCUT2D eigenvalue weighted by molar-refractivity contribution is 0.367. The number of benzene rings is 1. The number of phenols is 1. The molecular weight excluding hydrogens is 356 g/mol. The zero-order chi connectivity index (χ0) is 19.1. The maximum atomic E-state index is 9.60. The Labute approximate surface area is 164 Å². The molecule has 1 saturated heterocycles. The number of pyridine rings is 1. The molecule has 0 amide bonds. The van der Waals surface area contributed by atoms with Gasteiger partial charge in [0.15, 0.2) is 5.11 Å². The van der Waals surface area contributed by atoms with E-state index >= 15 is 0 Å². The molecule has 0 unspecified atom stereocenters. The number of thiocarbonyl (C=S) groups is 1. The van der Waals surface area contributed by atoms with Crippen LogP contribution in [0.4, 0.5) is 0 Å². The van der Waals surface area contributed by atoms with Crippen molar-refractivity contribution in [2.24, 2.45) is 0 Å². The topological polar surface area (TPSA) is 53.3 Å². The molecule has 0 radical (unpaired) electrons. The molecule has 1 aliphatic heterocycles. The second kappa shape index (κ2) is 6.70. The normalized spacial score (nSPS) is 19.4. The maximum Gasteiger partial charge on any atom is 0.169 e. The summed E-state index contributed by atoms with van der Waals surface area (Å²) < 4.78 is 2.21. The van der Waals surface area contributed by atoms with Gasteiger partial charge in [0, 0.05) is 30.3 Å². The summed E-state index contributed by atoms with van der Waals surface area (Å²) in [5.74, 6) is 0.265. The van der Waals surface area contributed by atoms with Gasteiger partial charge in [-0.05, 0) is 74.1 Å². The summed E-state index contributed by atoms with van der Waals surface area (Å²) in [5.41, 5.74) is 5.51. The summed E-state index contributed by atoms with van der Waals surface area (Å²) in [7, 11) is 2.02. The van der Waals surface area contributed by atoms with E-state index in [1.807, 2.05) is 43.6 Å². The van der Waals surface area contributed by atoms with Gasteiger partial charge < -0.3 is 19.9 Å². The van der Waals surface area contributed by atoms with E-state index in [2.05, 4.69) is 39.7 Å². The number of aromatic hydroxyl groups is 1. The molecule has 0 saturated carbocycles. The van der Waals surface area contributed by atoms with Gasteiger partial charge >= 0.3 is 0 Å². The highest BCUT2D eigenvalue weighted by molar-refractivity contribution is 7.80. The summed E-state index contributed by atoms with van der Waals surface area (Å²) in [6.45, 7) is 4.22. The van der Waals surface area contributed by atoms with Crippen LogP contribution in [0.2, 0.25) is 0 Å². The second-order valence-corrected chi connectivity index (χ2v) is 7.30. The van der Waals surface area contributed by atoms with Gasteiger partial charge in [0.2, 0.25) is 0 Å². The number of aryl methyl sites for hydroxylation is 1. The van der Waals surface area contributed by atoms with E-state index in [-0.39, 0.29) is 17.8 Å². The summed E-state index contributed by atoms with van der Waals surface area (Å²) >= 11 is 5.54. The van der Waals surface area contributed by atoms with Crippen molar-refractivity contribution in [3.63, 3.8) is 0 Å². The van der Waals surface area contributed by atoms with Crippen molar-refractivity contribution in [2.75, 3.05) is 7.05 Å². The number of phenolic OH excluding ortho intramolecular Hbond substituents is 1. The van der Waals surface area contributed by atoms with Crippen LogP contribution < -0.4 is 5.32 Å². The number of aromatic nitrogens is 2. The van der Waals surface area contributed by atoms with Crippen molar-refractivity contribution in [1.29, 1.82) is 0 Å². The maximum absolute atomic E-state index is 9.60. The summed E-state index contributed by atoms with van der Waals surface area (Å²) in [6, 6.07) is 15.5. The minimum absolute atomic E-state index is 0.00234. The largest absolute Gasteiger partial charge is 0.508 e. The van der Waals surface area contributed by atoms with E-state index in [9.17, 15) is 5.11 Å². The van der Waals surface area contributed by atoms with Crippen LogP contribution >= 0.6 is 12.2 Å². The van der Waals surface area contributed by atoms with Gasteiger partial charge in [-0.3, -0.25) is 4.98 Å². The van der Waals surface area contributed by atoms with Crippen molar-refractivity contribution >= 4 is 17.3 Å². The number of nitrogens with one attached hydrogen (secondary N) is 1. The molecule has 1 fully saturated rings. The number of hydrogen-bond acceptors (Lipinski definition) is 3. The fourth-order valence-corrected chi connectivity index (χ4v) is 4.17. The van der Waals surface area contributed by atoms with Gasteiger partial charge in [0.25, 0.3) is 0 Å². The van der Waals surface area contributed by atoms with Gasteiger partial charge in [-0.2, -0.15) is 0 Å². The van der Waals surface area contributed by atoms with Crippen molar-refractivity contribution < 1.29 is 5.11 Å². The van der Waals surface area contributed by atoms with Gasteiger partial charge in [0.05, 0.1) is 17.8 Å². The fourth-order valence-electron chi connectivity index (χ4n) is 3.93. The second-order valence-electron chi connectivity index (χ2n) is 6.92. The molecule has 5 nitrogen and oxygen atoms in total. The molecule has 27 heavy (non-hydrogen) atoms. The quantitative estimate of drug-likeness (QED) is 0.679. The summed E-state index contributed by atoms with van der Waals surface area (Å²) in [5, 5.41) is 13.8. The molecule has 3 aromatic rings. The van der Waals surface area contributed by atoms with Crippen molar-refractivity contribution in [3.05, 3.63) is 77.4 Å². The molecular formula is C21H22N4OS. The van der Waals surface area contributed by atoms with E-state index in [4.69, 9.17) is 12.2 Å². The van der Waals surface area contributed by atoms with E-state index in [0.29, 0.717) is 0 Å². The molecule has 0 aliphatic carbocycles. The molecule has 138 valence electrons. The SMILES string of the molecule is Cc1cc([C@@H]2[C@H](c3ccccn3)NC(=S)N2C)c(C)n1-c1ccc(O)cc1. The molecule has 0 bridgehead atoms. The third kappa shape index (κ3) is 2.96. The van der Waals surface area contributed by atoms with E-state index in [1.165, 1.54) is 5.56 Å². The highest BCUT2D eigenvalue weighted by Gasteiger charge is 2.39. The Bertz CT molecular complexity index is 981. The smallest absolute Gasteiger partial charge is 0.169 e. The van der Waals surface area contributed by atoms with Crippen LogP contribution in [0.3, 0.4) is 0 Å². The predicted octanol–water partition coefficient (Wildman–Crippen LogP) is 3.80. The lowest BCUT2D eigenvalue weighted by Gasteiger charge is -2.24. The Kier molecular flexibility index (Phi) is 4.36. The van der Waals surface area contributed by atoms with Crippen LogP contribution in [0.1, 0.15) is 34.7 Å². The lowest BCUT2D eigenvalue weighted by atomic mass is 9.97.